The molecule has 3 aromatic rings. The minimum absolute atomic E-state index is 0.135. The van der Waals surface area contributed by atoms with Crippen LogP contribution in [0, 0.1) is 0 Å². The zero-order chi connectivity index (χ0) is 22.6. The quantitative estimate of drug-likeness (QED) is 0.524. The number of para-hydroxylation sites is 1. The highest BCUT2D eigenvalue weighted by molar-refractivity contribution is 7.92. The number of nitrogens with zero attached hydrogens (tertiary/aromatic N) is 2. The molecule has 162 valence electrons. The zero-order valence-electron chi connectivity index (χ0n) is 17.4. The molecule has 0 aromatic heterocycles. The second-order valence-corrected chi connectivity index (χ2v) is 9.35. The molecule has 8 heteroatoms. The smallest absolute Gasteiger partial charge is 0.264 e. The molecule has 0 aliphatic carbocycles. The van der Waals surface area contributed by atoms with Crippen LogP contribution in [0.1, 0.15) is 15.9 Å². The van der Waals surface area contributed by atoms with Crippen molar-refractivity contribution in [2.24, 2.45) is 0 Å². The molecule has 0 N–H and O–H groups in total. The van der Waals surface area contributed by atoms with Gasteiger partial charge in [-0.2, -0.15) is 0 Å². The van der Waals surface area contributed by atoms with Gasteiger partial charge in [-0.15, -0.1) is 0 Å². The Labute approximate surface area is 187 Å². The Bertz CT molecular complexity index is 1160. The van der Waals surface area contributed by atoms with Gasteiger partial charge in [0.05, 0.1) is 17.7 Å². The van der Waals surface area contributed by atoms with Crippen LogP contribution < -0.4 is 9.04 Å². The minimum atomic E-state index is -3.74. The minimum Gasteiger partial charge on any atom is -0.496 e. The SMILES string of the molecule is COc1ccccc1CN(C)C(=O)c1ccc(N(C)S(=O)(=O)c2ccc(Cl)cc2)cc1. The highest BCUT2D eigenvalue weighted by Crippen LogP contribution is 2.24. The molecule has 31 heavy (non-hydrogen) atoms. The van der Waals surface area contributed by atoms with E-state index in [0.717, 1.165) is 5.56 Å². The monoisotopic (exact) mass is 458 g/mol. The molecule has 0 heterocycles. The first-order valence-electron chi connectivity index (χ1n) is 9.46. The Kier molecular flexibility index (Phi) is 6.87. The molecule has 3 rings (SSSR count). The maximum atomic E-state index is 12.8. The van der Waals surface area contributed by atoms with Crippen LogP contribution in [0.25, 0.3) is 0 Å². The molecule has 0 atom stereocenters. The lowest BCUT2D eigenvalue weighted by Crippen LogP contribution is -2.27. The highest BCUT2D eigenvalue weighted by Gasteiger charge is 2.22. The number of anilines is 1. The molecular formula is C23H23ClN2O4S. The lowest BCUT2D eigenvalue weighted by atomic mass is 10.1. The van der Waals surface area contributed by atoms with Gasteiger partial charge in [-0.1, -0.05) is 29.8 Å². The summed E-state index contributed by atoms with van der Waals surface area (Å²) in [5, 5.41) is 0.460. The summed E-state index contributed by atoms with van der Waals surface area (Å²) in [5.41, 5.74) is 1.79. The van der Waals surface area contributed by atoms with Gasteiger partial charge in [0.25, 0.3) is 15.9 Å². The molecule has 0 aliphatic rings. The van der Waals surface area contributed by atoms with Crippen LogP contribution >= 0.6 is 11.6 Å². The molecule has 0 fully saturated rings. The topological polar surface area (TPSA) is 66.9 Å². The summed E-state index contributed by atoms with van der Waals surface area (Å²) in [5.74, 6) is 0.534. The third-order valence-electron chi connectivity index (χ3n) is 4.90. The first-order chi connectivity index (χ1) is 14.7. The number of halogens is 1. The normalized spacial score (nSPS) is 11.1. The largest absolute Gasteiger partial charge is 0.496 e. The summed E-state index contributed by atoms with van der Waals surface area (Å²) in [6, 6.07) is 19.9. The van der Waals surface area contributed by atoms with Gasteiger partial charge in [0.15, 0.2) is 0 Å². The molecule has 0 saturated heterocycles. The molecule has 0 spiro atoms. The van der Waals surface area contributed by atoms with E-state index >= 15 is 0 Å². The van der Waals surface area contributed by atoms with Crippen molar-refractivity contribution in [1.82, 2.24) is 4.90 Å². The Morgan fingerprint density at radius 1 is 0.935 bits per heavy atom. The number of hydrogen-bond acceptors (Lipinski definition) is 4. The number of rotatable bonds is 7. The highest BCUT2D eigenvalue weighted by atomic mass is 35.5. The number of sulfonamides is 1. The van der Waals surface area contributed by atoms with E-state index in [-0.39, 0.29) is 10.8 Å². The summed E-state index contributed by atoms with van der Waals surface area (Å²) in [7, 11) is 1.03. The van der Waals surface area contributed by atoms with Crippen molar-refractivity contribution in [3.8, 4) is 5.75 Å². The van der Waals surface area contributed by atoms with Crippen LogP contribution in [0.2, 0.25) is 5.02 Å². The van der Waals surface area contributed by atoms with E-state index in [0.29, 0.717) is 28.6 Å². The second-order valence-electron chi connectivity index (χ2n) is 6.95. The van der Waals surface area contributed by atoms with Gasteiger partial charge in [0.1, 0.15) is 5.75 Å². The van der Waals surface area contributed by atoms with Gasteiger partial charge in [0.2, 0.25) is 0 Å². The first-order valence-corrected chi connectivity index (χ1v) is 11.3. The maximum absolute atomic E-state index is 12.8. The van der Waals surface area contributed by atoms with Gasteiger partial charge in [-0.05, 0) is 54.6 Å². The number of carbonyl (C=O) groups is 1. The van der Waals surface area contributed by atoms with Gasteiger partial charge in [-0.3, -0.25) is 9.10 Å². The van der Waals surface area contributed by atoms with E-state index in [4.69, 9.17) is 16.3 Å². The van der Waals surface area contributed by atoms with Crippen molar-refractivity contribution in [3.63, 3.8) is 0 Å². The van der Waals surface area contributed by atoms with E-state index in [1.165, 1.54) is 35.6 Å². The van der Waals surface area contributed by atoms with E-state index in [1.807, 2.05) is 24.3 Å². The molecule has 0 unspecified atom stereocenters. The number of hydrogen-bond donors (Lipinski definition) is 0. The zero-order valence-corrected chi connectivity index (χ0v) is 19.0. The molecular weight excluding hydrogens is 436 g/mol. The van der Waals surface area contributed by atoms with Gasteiger partial charge in [0, 0.05) is 36.8 Å². The van der Waals surface area contributed by atoms with E-state index in [9.17, 15) is 13.2 Å². The predicted molar refractivity (Wildman–Crippen MR) is 122 cm³/mol. The van der Waals surface area contributed by atoms with Crippen LogP contribution in [0.15, 0.2) is 77.7 Å². The van der Waals surface area contributed by atoms with Gasteiger partial charge >= 0.3 is 0 Å². The van der Waals surface area contributed by atoms with Gasteiger partial charge in [-0.25, -0.2) is 8.42 Å². The molecule has 0 bridgehead atoms. The van der Waals surface area contributed by atoms with Crippen LogP contribution in [0.3, 0.4) is 0 Å². The standard InChI is InChI=1S/C23H23ClN2O4S/c1-25(16-18-6-4-5-7-22(18)30-3)23(27)17-8-12-20(13-9-17)26(2)31(28,29)21-14-10-19(24)11-15-21/h4-15H,16H2,1-3H3. The fourth-order valence-electron chi connectivity index (χ4n) is 3.10. The lowest BCUT2D eigenvalue weighted by molar-refractivity contribution is 0.0784. The van der Waals surface area contributed by atoms with E-state index in [1.54, 1.807) is 43.3 Å². The van der Waals surface area contributed by atoms with E-state index in [2.05, 4.69) is 0 Å². The maximum Gasteiger partial charge on any atom is 0.264 e. The van der Waals surface area contributed by atoms with Crippen molar-refractivity contribution in [2.45, 2.75) is 11.4 Å². The summed E-state index contributed by atoms with van der Waals surface area (Å²) in [6.07, 6.45) is 0. The number of ether oxygens (including phenoxy) is 1. The van der Waals surface area contributed by atoms with Crippen LogP contribution in [0.4, 0.5) is 5.69 Å². The molecule has 0 radical (unpaired) electrons. The number of methoxy groups -OCH3 is 1. The van der Waals surface area contributed by atoms with Crippen LogP contribution in [-0.2, 0) is 16.6 Å². The number of benzene rings is 3. The van der Waals surface area contributed by atoms with Crippen molar-refractivity contribution in [2.75, 3.05) is 25.5 Å². The summed E-state index contributed by atoms with van der Waals surface area (Å²) < 4.78 is 32.2. The Morgan fingerprint density at radius 3 is 2.16 bits per heavy atom. The number of carbonyl (C=O) groups excluding carboxylic acids is 1. The molecule has 0 aliphatic heterocycles. The molecule has 3 aromatic carbocycles. The Hall–Kier alpha value is -3.03. The molecule has 6 nitrogen and oxygen atoms in total. The lowest BCUT2D eigenvalue weighted by Gasteiger charge is -2.21. The molecule has 1 amide bonds. The fraction of sp³-hybridized carbons (Fsp3) is 0.174. The van der Waals surface area contributed by atoms with Crippen LogP contribution in [0.5, 0.6) is 5.75 Å². The van der Waals surface area contributed by atoms with E-state index < -0.39 is 10.0 Å². The summed E-state index contributed by atoms with van der Waals surface area (Å²) in [6.45, 7) is 0.384. The number of amides is 1. The summed E-state index contributed by atoms with van der Waals surface area (Å²) >= 11 is 5.85. The van der Waals surface area contributed by atoms with Crippen molar-refractivity contribution >= 4 is 33.2 Å². The third-order valence-corrected chi connectivity index (χ3v) is 6.95. The van der Waals surface area contributed by atoms with Crippen molar-refractivity contribution in [3.05, 3.63) is 88.9 Å². The summed E-state index contributed by atoms with van der Waals surface area (Å²) in [4.78, 5) is 14.5. The average molecular weight is 459 g/mol. The van der Waals surface area contributed by atoms with Crippen molar-refractivity contribution < 1.29 is 17.9 Å². The van der Waals surface area contributed by atoms with Crippen LogP contribution in [-0.4, -0.2) is 40.4 Å². The second kappa shape index (κ2) is 9.41. The van der Waals surface area contributed by atoms with Crippen molar-refractivity contribution in [1.29, 1.82) is 0 Å². The Balaban J connectivity index is 1.75. The predicted octanol–water partition coefficient (Wildman–Crippen LogP) is 4.45. The molecule has 0 saturated carbocycles. The first kappa shape index (κ1) is 22.7. The fourth-order valence-corrected chi connectivity index (χ4v) is 4.42. The van der Waals surface area contributed by atoms with Gasteiger partial charge < -0.3 is 9.64 Å². The average Bonchev–Trinajstić information content (AvgIpc) is 2.78. The third kappa shape index (κ3) is 5.00. The Morgan fingerprint density at radius 2 is 1.55 bits per heavy atom.